The van der Waals surface area contributed by atoms with Crippen molar-refractivity contribution in [3.63, 3.8) is 0 Å². The third-order valence-electron chi connectivity index (χ3n) is 3.01. The molecule has 0 radical (unpaired) electrons. The molecule has 2 N–H and O–H groups in total. The molecule has 0 amide bonds. The molecule has 0 heterocycles. The van der Waals surface area contributed by atoms with E-state index in [1.165, 1.54) is 0 Å². The van der Waals surface area contributed by atoms with E-state index in [0.717, 1.165) is 12.8 Å². The normalized spacial score (nSPS) is 20.5. The Labute approximate surface area is 88.1 Å². The number of rotatable bonds is 3. The maximum absolute atomic E-state index is 14.1. The maximum atomic E-state index is 14.1. The van der Waals surface area contributed by atoms with Crippen molar-refractivity contribution < 1.29 is 4.39 Å². The minimum atomic E-state index is -1.01. The largest absolute Gasteiger partial charge is 0.330 e. The van der Waals surface area contributed by atoms with Gasteiger partial charge in [-0.3, -0.25) is 0 Å². The van der Waals surface area contributed by atoms with E-state index in [9.17, 15) is 4.39 Å². The van der Waals surface area contributed by atoms with Gasteiger partial charge in [-0.2, -0.15) is 0 Å². The Hall–Kier alpha value is -0.600. The molecule has 0 spiro atoms. The lowest BCUT2D eigenvalue weighted by Crippen LogP contribution is -2.21. The van der Waals surface area contributed by atoms with E-state index in [0.29, 0.717) is 17.1 Å². The van der Waals surface area contributed by atoms with Gasteiger partial charge in [-0.05, 0) is 18.9 Å². The zero-order valence-electron chi connectivity index (χ0n) is 7.84. The zero-order chi connectivity index (χ0) is 10.2. The van der Waals surface area contributed by atoms with Crippen molar-refractivity contribution in [2.75, 3.05) is 6.54 Å². The van der Waals surface area contributed by atoms with Crippen molar-refractivity contribution in [1.29, 1.82) is 0 Å². The molecule has 76 valence electrons. The molecule has 1 aromatic rings. The van der Waals surface area contributed by atoms with E-state index < -0.39 is 6.17 Å². The molecule has 1 atom stereocenters. The molecule has 1 aliphatic carbocycles. The molecule has 0 bridgehead atoms. The predicted molar refractivity (Wildman–Crippen MR) is 56.0 cm³/mol. The van der Waals surface area contributed by atoms with Gasteiger partial charge in [0.05, 0.1) is 0 Å². The predicted octanol–water partition coefficient (Wildman–Crippen LogP) is 3.09. The highest BCUT2D eigenvalue weighted by Crippen LogP contribution is 2.56. The highest BCUT2D eigenvalue weighted by molar-refractivity contribution is 6.31. The van der Waals surface area contributed by atoms with Crippen molar-refractivity contribution in [3.8, 4) is 0 Å². The van der Waals surface area contributed by atoms with Gasteiger partial charge in [-0.1, -0.05) is 29.8 Å². The molecule has 0 aromatic heterocycles. The van der Waals surface area contributed by atoms with Crippen LogP contribution in [-0.4, -0.2) is 6.54 Å². The van der Waals surface area contributed by atoms with Gasteiger partial charge in [0.2, 0.25) is 0 Å². The Bertz CT molecular complexity index is 336. The van der Waals surface area contributed by atoms with Crippen molar-refractivity contribution in [2.45, 2.75) is 19.0 Å². The highest BCUT2D eigenvalue weighted by Gasteiger charge is 2.49. The Morgan fingerprint density at radius 1 is 1.43 bits per heavy atom. The molecule has 1 aromatic carbocycles. The average molecular weight is 214 g/mol. The second kappa shape index (κ2) is 3.52. The number of hydrogen-bond acceptors (Lipinski definition) is 1. The maximum Gasteiger partial charge on any atom is 0.133 e. The summed E-state index contributed by atoms with van der Waals surface area (Å²) in [6, 6.07) is 7.07. The first-order valence-corrected chi connectivity index (χ1v) is 5.16. The highest BCUT2D eigenvalue weighted by atomic mass is 35.5. The van der Waals surface area contributed by atoms with Crippen molar-refractivity contribution in [2.24, 2.45) is 11.1 Å². The summed E-state index contributed by atoms with van der Waals surface area (Å²) in [5.74, 6) is 0. The summed E-state index contributed by atoms with van der Waals surface area (Å²) in [4.78, 5) is 0. The minimum absolute atomic E-state index is 0.328. The number of hydrogen-bond donors (Lipinski definition) is 1. The minimum Gasteiger partial charge on any atom is -0.330 e. The number of halogens is 2. The fourth-order valence-electron chi connectivity index (χ4n) is 1.73. The first-order chi connectivity index (χ1) is 6.69. The van der Waals surface area contributed by atoms with Crippen molar-refractivity contribution in [3.05, 3.63) is 34.9 Å². The molecule has 2 rings (SSSR count). The Morgan fingerprint density at radius 2 is 2.07 bits per heavy atom. The lowest BCUT2D eigenvalue weighted by molar-refractivity contribution is 0.217. The number of nitrogens with two attached hydrogens (primary N) is 1. The van der Waals surface area contributed by atoms with E-state index in [1.807, 2.05) is 0 Å². The lowest BCUT2D eigenvalue weighted by Gasteiger charge is -2.19. The molecule has 1 unspecified atom stereocenters. The topological polar surface area (TPSA) is 26.0 Å². The van der Waals surface area contributed by atoms with E-state index >= 15 is 0 Å². The summed E-state index contributed by atoms with van der Waals surface area (Å²) in [6.07, 6.45) is 0.729. The quantitative estimate of drug-likeness (QED) is 0.821. The number of benzene rings is 1. The molecule has 3 heteroatoms. The third-order valence-corrected chi connectivity index (χ3v) is 3.36. The Morgan fingerprint density at radius 3 is 2.57 bits per heavy atom. The van der Waals surface area contributed by atoms with Gasteiger partial charge >= 0.3 is 0 Å². The summed E-state index contributed by atoms with van der Waals surface area (Å²) in [5, 5.41) is 0.500. The van der Waals surface area contributed by atoms with Gasteiger partial charge in [-0.15, -0.1) is 0 Å². The average Bonchev–Trinajstić information content (AvgIpc) is 2.98. The van der Waals surface area contributed by atoms with Gasteiger partial charge in [-0.25, -0.2) is 4.39 Å². The lowest BCUT2D eigenvalue weighted by atomic mass is 9.94. The van der Waals surface area contributed by atoms with Crippen LogP contribution in [0.5, 0.6) is 0 Å². The van der Waals surface area contributed by atoms with E-state index in [4.69, 9.17) is 17.3 Å². The summed E-state index contributed by atoms with van der Waals surface area (Å²) in [7, 11) is 0. The second-order valence-electron chi connectivity index (χ2n) is 3.95. The van der Waals surface area contributed by atoms with Crippen LogP contribution >= 0.6 is 11.6 Å². The molecular weight excluding hydrogens is 201 g/mol. The molecule has 1 aliphatic rings. The van der Waals surface area contributed by atoms with Gasteiger partial charge < -0.3 is 5.73 Å². The molecule has 1 fully saturated rings. The first kappa shape index (κ1) is 9.94. The van der Waals surface area contributed by atoms with Crippen LogP contribution in [0, 0.1) is 5.41 Å². The monoisotopic (exact) mass is 213 g/mol. The van der Waals surface area contributed by atoms with Crippen LogP contribution in [0.15, 0.2) is 24.3 Å². The molecule has 14 heavy (non-hydrogen) atoms. The van der Waals surface area contributed by atoms with E-state index in [1.54, 1.807) is 24.3 Å². The Kier molecular flexibility index (Phi) is 2.50. The van der Waals surface area contributed by atoms with Crippen LogP contribution in [0.25, 0.3) is 0 Å². The van der Waals surface area contributed by atoms with E-state index in [-0.39, 0.29) is 5.41 Å². The molecule has 0 saturated heterocycles. The number of alkyl halides is 1. The van der Waals surface area contributed by atoms with Gasteiger partial charge in [0.1, 0.15) is 6.17 Å². The molecule has 1 saturated carbocycles. The summed E-state index contributed by atoms with van der Waals surface area (Å²) in [5.41, 5.74) is 5.83. The summed E-state index contributed by atoms with van der Waals surface area (Å²) in [6.45, 7) is 0.402. The summed E-state index contributed by atoms with van der Waals surface area (Å²) < 4.78 is 14.1. The van der Waals surface area contributed by atoms with Crippen LogP contribution < -0.4 is 5.73 Å². The van der Waals surface area contributed by atoms with Gasteiger partial charge in [0.25, 0.3) is 0 Å². The van der Waals surface area contributed by atoms with Crippen molar-refractivity contribution >= 4 is 11.6 Å². The van der Waals surface area contributed by atoms with E-state index in [2.05, 4.69) is 0 Å². The molecule has 1 nitrogen and oxygen atoms in total. The fourth-order valence-corrected chi connectivity index (χ4v) is 1.96. The van der Waals surface area contributed by atoms with Crippen molar-refractivity contribution in [1.82, 2.24) is 0 Å². The standard InChI is InChI=1S/C11H13ClFN/c12-9-4-2-1-3-8(9)10(13)11(7-14)5-6-11/h1-4,10H,5-7,14H2. The smallest absolute Gasteiger partial charge is 0.133 e. The fraction of sp³-hybridized carbons (Fsp3) is 0.455. The van der Waals surface area contributed by atoms with Crippen LogP contribution in [0.2, 0.25) is 5.02 Å². The Balaban J connectivity index is 2.27. The van der Waals surface area contributed by atoms with Gasteiger partial charge in [0, 0.05) is 22.5 Å². The SMILES string of the molecule is NCC1(C(F)c2ccccc2Cl)CC1. The third kappa shape index (κ3) is 1.53. The molecular formula is C11H13ClFN. The van der Waals surface area contributed by atoms with Crippen LogP contribution in [0.4, 0.5) is 4.39 Å². The van der Waals surface area contributed by atoms with Crippen LogP contribution in [0.1, 0.15) is 24.6 Å². The molecule has 0 aliphatic heterocycles. The van der Waals surface area contributed by atoms with Crippen LogP contribution in [0.3, 0.4) is 0 Å². The van der Waals surface area contributed by atoms with Gasteiger partial charge in [0.15, 0.2) is 0 Å². The van der Waals surface area contributed by atoms with Crippen LogP contribution in [-0.2, 0) is 0 Å². The first-order valence-electron chi connectivity index (χ1n) is 4.78. The summed E-state index contributed by atoms with van der Waals surface area (Å²) >= 11 is 5.93. The zero-order valence-corrected chi connectivity index (χ0v) is 8.60. The second-order valence-corrected chi connectivity index (χ2v) is 4.36.